The predicted octanol–water partition coefficient (Wildman–Crippen LogP) is 2.60. The van der Waals surface area contributed by atoms with Crippen molar-refractivity contribution >= 4 is 23.2 Å². The van der Waals surface area contributed by atoms with Gasteiger partial charge < -0.3 is 0 Å². The van der Waals surface area contributed by atoms with Crippen LogP contribution in [0.4, 0.5) is 11.4 Å². The van der Waals surface area contributed by atoms with Gasteiger partial charge in [-0.1, -0.05) is 18.2 Å². The summed E-state index contributed by atoms with van der Waals surface area (Å²) in [6.07, 6.45) is 6.43. The van der Waals surface area contributed by atoms with Crippen LogP contribution in [-0.2, 0) is 9.59 Å². The minimum atomic E-state index is -0.501. The van der Waals surface area contributed by atoms with Crippen molar-refractivity contribution in [1.82, 2.24) is 0 Å². The van der Waals surface area contributed by atoms with E-state index in [-0.39, 0.29) is 46.6 Å². The molecule has 6 nitrogen and oxygen atoms in total. The molecule has 2 amide bonds. The zero-order valence-electron chi connectivity index (χ0n) is 13.1. The van der Waals surface area contributed by atoms with Crippen molar-refractivity contribution in [2.24, 2.45) is 29.1 Å². The molecule has 1 spiro atoms. The molecule has 1 heterocycles. The van der Waals surface area contributed by atoms with Crippen LogP contribution in [0.5, 0.6) is 0 Å². The fraction of sp³-hybridized carbons (Fsp3) is 0.444. The number of fused-ring (bicyclic) bond motifs is 3. The van der Waals surface area contributed by atoms with Gasteiger partial charge in [0.05, 0.1) is 22.4 Å². The van der Waals surface area contributed by atoms with E-state index < -0.39 is 4.92 Å². The second-order valence-corrected chi connectivity index (χ2v) is 7.46. The molecule has 24 heavy (non-hydrogen) atoms. The Morgan fingerprint density at radius 2 is 1.71 bits per heavy atom. The number of hydrogen-bond donors (Lipinski definition) is 0. The smallest absolute Gasteiger partial charge is 0.271 e. The number of anilines is 1. The number of benzene rings is 1. The van der Waals surface area contributed by atoms with Crippen LogP contribution >= 0.6 is 0 Å². The molecule has 5 rings (SSSR count). The number of rotatable bonds is 2. The molecule has 1 saturated heterocycles. The molecule has 2 bridgehead atoms. The lowest BCUT2D eigenvalue weighted by atomic mass is 9.85. The van der Waals surface area contributed by atoms with Crippen LogP contribution in [0.2, 0.25) is 0 Å². The van der Waals surface area contributed by atoms with Crippen LogP contribution in [0.3, 0.4) is 0 Å². The maximum absolute atomic E-state index is 13.0. The summed E-state index contributed by atoms with van der Waals surface area (Å²) in [5.41, 5.74) is 1.11. The van der Waals surface area contributed by atoms with E-state index in [1.165, 1.54) is 17.0 Å². The molecule has 122 valence electrons. The molecule has 0 unspecified atom stereocenters. The minimum absolute atomic E-state index is 0.104. The van der Waals surface area contributed by atoms with Crippen molar-refractivity contribution < 1.29 is 14.5 Å². The SMILES string of the molecule is Cc1ccc([N+](=O)[O-])cc1N1C(=O)[C@@H]2[C@@H](C1=O)[C@@H]1C=C[C@H]2C12CC2. The van der Waals surface area contributed by atoms with Gasteiger partial charge in [0, 0.05) is 12.1 Å². The summed E-state index contributed by atoms with van der Waals surface area (Å²) in [6.45, 7) is 1.77. The van der Waals surface area contributed by atoms with Crippen LogP contribution in [0.25, 0.3) is 0 Å². The molecular formula is C18H16N2O4. The molecule has 3 fully saturated rings. The zero-order chi connectivity index (χ0) is 16.8. The molecule has 4 atom stereocenters. The molecule has 1 aliphatic heterocycles. The van der Waals surface area contributed by atoms with E-state index >= 15 is 0 Å². The van der Waals surface area contributed by atoms with Gasteiger partial charge in [0.1, 0.15) is 0 Å². The summed E-state index contributed by atoms with van der Waals surface area (Å²) in [6, 6.07) is 4.33. The Morgan fingerprint density at radius 1 is 1.12 bits per heavy atom. The molecule has 6 heteroatoms. The summed E-state index contributed by atoms with van der Waals surface area (Å²) in [7, 11) is 0. The van der Waals surface area contributed by atoms with E-state index in [0.29, 0.717) is 11.3 Å². The molecule has 1 aromatic carbocycles. The van der Waals surface area contributed by atoms with Gasteiger partial charge in [0.2, 0.25) is 11.8 Å². The first-order chi connectivity index (χ1) is 11.5. The summed E-state index contributed by atoms with van der Waals surface area (Å²) in [4.78, 5) is 37.8. The fourth-order valence-electron chi connectivity index (χ4n) is 5.27. The number of hydrogen-bond acceptors (Lipinski definition) is 4. The van der Waals surface area contributed by atoms with E-state index in [1.807, 2.05) is 0 Å². The number of imide groups is 1. The molecule has 3 aliphatic carbocycles. The molecular weight excluding hydrogens is 308 g/mol. The number of aryl methyl sites for hydroxylation is 1. The number of carbonyl (C=O) groups is 2. The highest BCUT2D eigenvalue weighted by Crippen LogP contribution is 2.73. The molecule has 0 aromatic heterocycles. The number of nitrogens with zero attached hydrogens (tertiary/aromatic N) is 2. The monoisotopic (exact) mass is 324 g/mol. The van der Waals surface area contributed by atoms with Gasteiger partial charge in [-0.25, -0.2) is 4.90 Å². The van der Waals surface area contributed by atoms with Crippen LogP contribution in [-0.4, -0.2) is 16.7 Å². The molecule has 0 radical (unpaired) electrons. The third-order valence-electron chi connectivity index (χ3n) is 6.50. The molecule has 2 saturated carbocycles. The largest absolute Gasteiger partial charge is 0.274 e. The van der Waals surface area contributed by atoms with Crippen molar-refractivity contribution in [3.63, 3.8) is 0 Å². The van der Waals surface area contributed by atoms with Gasteiger partial charge in [0.15, 0.2) is 0 Å². The predicted molar refractivity (Wildman–Crippen MR) is 85.1 cm³/mol. The lowest BCUT2D eigenvalue weighted by Crippen LogP contribution is -2.35. The number of amides is 2. The van der Waals surface area contributed by atoms with Crippen molar-refractivity contribution in [3.8, 4) is 0 Å². The highest BCUT2D eigenvalue weighted by Gasteiger charge is 2.73. The zero-order valence-corrected chi connectivity index (χ0v) is 13.1. The van der Waals surface area contributed by atoms with E-state index in [0.717, 1.165) is 12.8 Å². The summed E-state index contributed by atoms with van der Waals surface area (Å²) < 4.78 is 0. The van der Waals surface area contributed by atoms with Crippen molar-refractivity contribution in [2.75, 3.05) is 4.90 Å². The Morgan fingerprint density at radius 3 is 2.21 bits per heavy atom. The van der Waals surface area contributed by atoms with Gasteiger partial charge in [-0.3, -0.25) is 19.7 Å². The maximum atomic E-state index is 13.0. The lowest BCUT2D eigenvalue weighted by molar-refractivity contribution is -0.384. The third kappa shape index (κ3) is 1.42. The van der Waals surface area contributed by atoms with E-state index in [4.69, 9.17) is 0 Å². The quantitative estimate of drug-likeness (QED) is 0.362. The van der Waals surface area contributed by atoms with E-state index in [9.17, 15) is 19.7 Å². The Labute approximate surface area is 138 Å². The number of nitro benzene ring substituents is 1. The topological polar surface area (TPSA) is 80.5 Å². The van der Waals surface area contributed by atoms with E-state index in [1.54, 1.807) is 13.0 Å². The first-order valence-corrected chi connectivity index (χ1v) is 8.27. The van der Waals surface area contributed by atoms with Crippen LogP contribution in [0, 0.1) is 46.1 Å². The summed E-state index contributed by atoms with van der Waals surface area (Å²) >= 11 is 0. The average Bonchev–Trinajstić information content (AvgIpc) is 3.14. The maximum Gasteiger partial charge on any atom is 0.271 e. The number of non-ortho nitro benzene ring substituents is 1. The Hall–Kier alpha value is -2.50. The number of allylic oxidation sites excluding steroid dienone is 2. The van der Waals surface area contributed by atoms with Crippen molar-refractivity contribution in [3.05, 3.63) is 46.0 Å². The first-order valence-electron chi connectivity index (χ1n) is 8.27. The number of carbonyl (C=O) groups excluding carboxylic acids is 2. The average molecular weight is 324 g/mol. The normalized spacial score (nSPS) is 34.3. The first kappa shape index (κ1) is 13.9. The Balaban J connectivity index is 1.59. The van der Waals surface area contributed by atoms with Gasteiger partial charge in [-0.15, -0.1) is 0 Å². The molecule has 1 aromatic rings. The second kappa shape index (κ2) is 4.12. The van der Waals surface area contributed by atoms with Gasteiger partial charge in [-0.2, -0.15) is 0 Å². The summed E-state index contributed by atoms with van der Waals surface area (Å²) in [5.74, 6) is -0.614. The molecule has 0 N–H and O–H groups in total. The van der Waals surface area contributed by atoms with Gasteiger partial charge >= 0.3 is 0 Å². The Kier molecular flexibility index (Phi) is 2.39. The van der Waals surface area contributed by atoms with Gasteiger partial charge in [-0.05, 0) is 42.6 Å². The van der Waals surface area contributed by atoms with Crippen LogP contribution in [0.15, 0.2) is 30.4 Å². The van der Waals surface area contributed by atoms with E-state index in [2.05, 4.69) is 12.2 Å². The Bertz CT molecular complexity index is 821. The van der Waals surface area contributed by atoms with Crippen molar-refractivity contribution in [1.29, 1.82) is 0 Å². The third-order valence-corrected chi connectivity index (χ3v) is 6.50. The van der Waals surface area contributed by atoms with Crippen LogP contribution < -0.4 is 4.90 Å². The standard InChI is InChI=1S/C18H16N2O4/c1-9-2-3-10(20(23)24)8-13(9)19-16(21)14-11-4-5-12(15(14)17(19)22)18(11)6-7-18/h2-5,8,11-12,14-15H,6-7H2,1H3/t11-,12+,14-,15-/m0/s1. The van der Waals surface area contributed by atoms with Gasteiger partial charge in [0.25, 0.3) is 5.69 Å². The fourth-order valence-corrected chi connectivity index (χ4v) is 5.27. The second-order valence-electron chi connectivity index (χ2n) is 7.46. The lowest BCUT2D eigenvalue weighted by Gasteiger charge is -2.22. The van der Waals surface area contributed by atoms with Crippen LogP contribution in [0.1, 0.15) is 18.4 Å². The molecule has 4 aliphatic rings. The summed E-state index contributed by atoms with van der Waals surface area (Å²) in [5, 5.41) is 11.1. The minimum Gasteiger partial charge on any atom is -0.274 e. The van der Waals surface area contributed by atoms with Crippen molar-refractivity contribution in [2.45, 2.75) is 19.8 Å². The highest BCUT2D eigenvalue weighted by atomic mass is 16.6. The number of nitro groups is 1. The highest BCUT2D eigenvalue weighted by molar-refractivity contribution is 6.23.